The fourth-order valence-corrected chi connectivity index (χ4v) is 0.996. The minimum absolute atomic E-state index is 0.454. The third kappa shape index (κ3) is 1.40. The molecule has 0 aromatic rings. The number of ether oxygens (including phenoxy) is 1. The third-order valence-corrected chi connectivity index (χ3v) is 1.85. The van der Waals surface area contributed by atoms with Gasteiger partial charge in [-0.2, -0.15) is 4.74 Å². The second-order valence-corrected chi connectivity index (χ2v) is 2.92. The maximum Gasteiger partial charge on any atom is 0.605 e. The fraction of sp³-hybridized carbons (Fsp3) is 0.600. The van der Waals surface area contributed by atoms with Crippen LogP contribution < -0.4 is 0 Å². The Kier molecular flexibility index (Phi) is 2.16. The number of hydrogen-bond donors (Lipinski definition) is 0. The normalized spacial score (nSPS) is 27.5. The molecule has 0 bridgehead atoms. The molecule has 10 nitrogen and oxygen atoms in total. The number of nitrogens with zero attached hydrogens (tertiary/aromatic N) is 3. The van der Waals surface area contributed by atoms with Crippen molar-refractivity contribution >= 4 is 0 Å². The topological polar surface area (TPSA) is 139 Å². The minimum atomic E-state index is -3.07. The van der Waals surface area contributed by atoms with Gasteiger partial charge in [0, 0.05) is 13.0 Å². The van der Waals surface area contributed by atoms with Crippen LogP contribution in [0.25, 0.3) is 0 Å². The lowest BCUT2D eigenvalue weighted by molar-refractivity contribution is -0.851. The highest BCUT2D eigenvalue weighted by Gasteiger charge is 2.68. The number of hydrogen-bond acceptors (Lipinski definition) is 7. The van der Waals surface area contributed by atoms with Crippen molar-refractivity contribution in [1.29, 1.82) is 0 Å². The quantitative estimate of drug-likeness (QED) is 0.276. The molecular weight excluding hydrogens is 214 g/mol. The highest BCUT2D eigenvalue weighted by atomic mass is 16.8. The van der Waals surface area contributed by atoms with Gasteiger partial charge in [-0.05, 0) is 0 Å². The Morgan fingerprint density at radius 3 is 1.67 bits per heavy atom. The molecule has 0 aromatic heterocycles. The zero-order chi connectivity index (χ0) is 11.9. The molecule has 0 saturated carbocycles. The highest BCUT2D eigenvalue weighted by molar-refractivity contribution is 5.05. The number of rotatable bonds is 3. The van der Waals surface area contributed by atoms with E-state index >= 15 is 0 Å². The lowest BCUT2D eigenvalue weighted by Gasteiger charge is -2.14. The zero-order valence-electron chi connectivity index (χ0n) is 7.35. The van der Waals surface area contributed by atoms with Crippen LogP contribution in [0, 0.1) is 30.3 Å². The van der Waals surface area contributed by atoms with Crippen LogP contribution >= 0.6 is 0 Å². The van der Waals surface area contributed by atoms with Crippen molar-refractivity contribution < 1.29 is 19.5 Å². The van der Waals surface area contributed by atoms with E-state index in [9.17, 15) is 30.3 Å². The van der Waals surface area contributed by atoms with Crippen molar-refractivity contribution in [3.8, 4) is 0 Å². The van der Waals surface area contributed by atoms with Gasteiger partial charge in [0.2, 0.25) is 0 Å². The molecule has 1 heterocycles. The Hall–Kier alpha value is -2.10. The van der Waals surface area contributed by atoms with Gasteiger partial charge in [0.1, 0.15) is 15.9 Å². The fourth-order valence-electron chi connectivity index (χ4n) is 0.996. The average molecular weight is 219 g/mol. The van der Waals surface area contributed by atoms with Crippen LogP contribution in [0.5, 0.6) is 0 Å². The van der Waals surface area contributed by atoms with Crippen molar-refractivity contribution in [3.05, 3.63) is 42.5 Å². The first-order valence-corrected chi connectivity index (χ1v) is 3.59. The molecule has 0 amide bonds. The van der Waals surface area contributed by atoms with Gasteiger partial charge in [-0.25, -0.2) is 0 Å². The molecular formula is C5H5N3O7. The summed E-state index contributed by atoms with van der Waals surface area (Å²) < 4.78 is 4.31. The van der Waals surface area contributed by atoms with E-state index in [4.69, 9.17) is 0 Å². The van der Waals surface area contributed by atoms with Gasteiger partial charge in [-0.15, -0.1) is 0 Å². The molecule has 1 atom stereocenters. The maximum atomic E-state index is 10.4. The maximum absolute atomic E-state index is 10.4. The SMILES string of the molecule is CC1([N+](=O)[O-])C=CC([N+](=O)[O-])([N+](=O)[O-])O1. The Morgan fingerprint density at radius 2 is 1.47 bits per heavy atom. The predicted molar refractivity (Wildman–Crippen MR) is 42.3 cm³/mol. The zero-order valence-corrected chi connectivity index (χ0v) is 7.35. The minimum Gasteiger partial charge on any atom is -0.261 e. The van der Waals surface area contributed by atoms with Crippen LogP contribution in [-0.4, -0.2) is 26.3 Å². The summed E-state index contributed by atoms with van der Waals surface area (Å²) in [5, 5.41) is 31.3. The summed E-state index contributed by atoms with van der Waals surface area (Å²) in [6.45, 7) is 0.887. The smallest absolute Gasteiger partial charge is 0.261 e. The van der Waals surface area contributed by atoms with E-state index in [1.54, 1.807) is 0 Å². The standard InChI is InChI=1S/C5H5N3O7/c1-4(6(9)10)2-3-5(15-4,7(11)12)8(13)14/h2-3H,1H3. The monoisotopic (exact) mass is 219 g/mol. The van der Waals surface area contributed by atoms with E-state index in [1.165, 1.54) is 0 Å². The molecule has 0 fully saturated rings. The molecule has 0 radical (unpaired) electrons. The van der Waals surface area contributed by atoms with E-state index in [0.717, 1.165) is 6.92 Å². The molecule has 0 aromatic carbocycles. The van der Waals surface area contributed by atoms with Gasteiger partial charge in [0.05, 0.1) is 4.92 Å². The van der Waals surface area contributed by atoms with Crippen molar-refractivity contribution in [3.63, 3.8) is 0 Å². The van der Waals surface area contributed by atoms with Crippen molar-refractivity contribution in [2.45, 2.75) is 18.5 Å². The second-order valence-electron chi connectivity index (χ2n) is 2.92. The molecule has 0 aliphatic carbocycles. The van der Waals surface area contributed by atoms with E-state index in [0.29, 0.717) is 12.2 Å². The van der Waals surface area contributed by atoms with Gasteiger partial charge in [-0.1, -0.05) is 0 Å². The van der Waals surface area contributed by atoms with E-state index < -0.39 is 26.3 Å². The predicted octanol–water partition coefficient (Wildman–Crippen LogP) is -0.227. The summed E-state index contributed by atoms with van der Waals surface area (Å²) in [5.41, 5.74) is -2.25. The molecule has 1 aliphatic heterocycles. The van der Waals surface area contributed by atoms with Crippen molar-refractivity contribution in [2.75, 3.05) is 0 Å². The summed E-state index contributed by atoms with van der Waals surface area (Å²) in [7, 11) is 0. The molecule has 10 heteroatoms. The largest absolute Gasteiger partial charge is 0.605 e. The third-order valence-electron chi connectivity index (χ3n) is 1.85. The van der Waals surface area contributed by atoms with Gasteiger partial charge >= 0.3 is 11.6 Å². The van der Waals surface area contributed by atoms with E-state index in [1.807, 2.05) is 0 Å². The van der Waals surface area contributed by atoms with Crippen LogP contribution in [0.3, 0.4) is 0 Å². The lowest BCUT2D eigenvalue weighted by Crippen LogP contribution is -2.50. The van der Waals surface area contributed by atoms with Crippen LogP contribution in [0.1, 0.15) is 6.92 Å². The summed E-state index contributed by atoms with van der Waals surface area (Å²) in [5.74, 6) is -3.07. The Bertz CT molecular complexity index is 363. The molecule has 0 spiro atoms. The van der Waals surface area contributed by atoms with Crippen LogP contribution in [-0.2, 0) is 4.74 Å². The molecule has 15 heavy (non-hydrogen) atoms. The van der Waals surface area contributed by atoms with E-state index in [2.05, 4.69) is 4.74 Å². The molecule has 82 valence electrons. The Balaban J connectivity index is 3.14. The first kappa shape index (κ1) is 11.0. The molecule has 0 saturated heterocycles. The van der Waals surface area contributed by atoms with E-state index in [-0.39, 0.29) is 0 Å². The summed E-state index contributed by atoms with van der Waals surface area (Å²) in [6, 6.07) is 0. The van der Waals surface area contributed by atoms with Gasteiger partial charge in [0.15, 0.2) is 0 Å². The van der Waals surface area contributed by atoms with Crippen molar-refractivity contribution in [2.24, 2.45) is 0 Å². The Labute approximate surface area is 81.6 Å². The molecule has 0 N–H and O–H groups in total. The molecule has 1 rings (SSSR count). The highest BCUT2D eigenvalue weighted by Crippen LogP contribution is 2.32. The summed E-state index contributed by atoms with van der Waals surface area (Å²) >= 11 is 0. The average Bonchev–Trinajstić information content (AvgIpc) is 2.46. The van der Waals surface area contributed by atoms with Gasteiger partial charge in [-0.3, -0.25) is 30.3 Å². The number of nitro groups is 3. The van der Waals surface area contributed by atoms with Crippen LogP contribution in [0.4, 0.5) is 0 Å². The Morgan fingerprint density at radius 1 is 1.00 bits per heavy atom. The van der Waals surface area contributed by atoms with Crippen LogP contribution in [0.15, 0.2) is 12.2 Å². The summed E-state index contributed by atoms with van der Waals surface area (Å²) in [6.07, 6.45) is 1.13. The molecule has 1 aliphatic rings. The van der Waals surface area contributed by atoms with Gasteiger partial charge in [0.25, 0.3) is 0 Å². The first-order chi connectivity index (χ1) is 6.74. The second kappa shape index (κ2) is 2.95. The first-order valence-electron chi connectivity index (χ1n) is 3.59. The summed E-state index contributed by atoms with van der Waals surface area (Å²) in [4.78, 5) is 27.7. The van der Waals surface area contributed by atoms with Gasteiger partial charge < -0.3 is 0 Å². The van der Waals surface area contributed by atoms with Crippen molar-refractivity contribution in [1.82, 2.24) is 0 Å². The molecule has 1 unspecified atom stereocenters. The van der Waals surface area contributed by atoms with Crippen LogP contribution in [0.2, 0.25) is 0 Å². The lowest BCUT2D eigenvalue weighted by atomic mass is 10.3.